The molecule has 0 radical (unpaired) electrons. The fraction of sp³-hybridized carbons (Fsp3) is 0.235. The first-order valence-corrected chi connectivity index (χ1v) is 7.69. The smallest absolute Gasteiger partial charge is 0.228 e. The maximum atomic E-state index is 12.1. The van der Waals surface area contributed by atoms with Crippen LogP contribution in [-0.4, -0.2) is 11.7 Å². The minimum absolute atomic E-state index is 0.0264. The third-order valence-electron chi connectivity index (χ3n) is 3.01. The Kier molecular flexibility index (Phi) is 5.24. The molecule has 2 aromatic rings. The van der Waals surface area contributed by atoms with Crippen LogP contribution < -0.4 is 5.32 Å². The number of thioether (sulfide) groups is 1. The Morgan fingerprint density at radius 1 is 1.10 bits per heavy atom. The molecule has 2 aromatic carbocycles. The highest BCUT2D eigenvalue weighted by molar-refractivity contribution is 7.99. The van der Waals surface area contributed by atoms with Gasteiger partial charge in [0.15, 0.2) is 0 Å². The Morgan fingerprint density at radius 2 is 1.75 bits per heavy atom. The van der Waals surface area contributed by atoms with Gasteiger partial charge in [-0.3, -0.25) is 4.79 Å². The van der Waals surface area contributed by atoms with Crippen molar-refractivity contribution in [3.8, 4) is 0 Å². The van der Waals surface area contributed by atoms with Crippen molar-refractivity contribution in [2.24, 2.45) is 5.92 Å². The van der Waals surface area contributed by atoms with E-state index in [0.29, 0.717) is 0 Å². The largest absolute Gasteiger partial charge is 0.326 e. The van der Waals surface area contributed by atoms with Crippen LogP contribution in [-0.2, 0) is 4.79 Å². The van der Waals surface area contributed by atoms with Crippen LogP contribution in [0, 0.1) is 12.8 Å². The van der Waals surface area contributed by atoms with Crippen molar-refractivity contribution in [2.45, 2.75) is 18.7 Å². The number of carbonyl (C=O) groups is 1. The third-order valence-corrected chi connectivity index (χ3v) is 4.28. The molecule has 2 nitrogen and oxygen atoms in total. The lowest BCUT2D eigenvalue weighted by molar-refractivity contribution is -0.118. The summed E-state index contributed by atoms with van der Waals surface area (Å²) in [6.07, 6.45) is 0. The lowest BCUT2D eigenvalue weighted by atomic mass is 10.2. The van der Waals surface area contributed by atoms with Crippen molar-refractivity contribution < 1.29 is 4.79 Å². The molecule has 20 heavy (non-hydrogen) atoms. The summed E-state index contributed by atoms with van der Waals surface area (Å²) in [4.78, 5) is 13.3. The van der Waals surface area contributed by atoms with Gasteiger partial charge in [0.1, 0.15) is 0 Å². The van der Waals surface area contributed by atoms with Gasteiger partial charge < -0.3 is 5.32 Å². The van der Waals surface area contributed by atoms with Crippen molar-refractivity contribution in [1.29, 1.82) is 0 Å². The van der Waals surface area contributed by atoms with Crippen molar-refractivity contribution >= 4 is 23.4 Å². The van der Waals surface area contributed by atoms with E-state index in [0.717, 1.165) is 11.4 Å². The van der Waals surface area contributed by atoms with E-state index >= 15 is 0 Å². The van der Waals surface area contributed by atoms with Crippen LogP contribution in [0.5, 0.6) is 0 Å². The molecule has 0 aliphatic carbocycles. The average Bonchev–Trinajstić information content (AvgIpc) is 2.48. The van der Waals surface area contributed by atoms with Crippen LogP contribution in [0.1, 0.15) is 12.5 Å². The highest BCUT2D eigenvalue weighted by Gasteiger charge is 2.13. The Hall–Kier alpha value is -1.74. The van der Waals surface area contributed by atoms with E-state index in [2.05, 4.69) is 17.4 Å². The number of amides is 1. The van der Waals surface area contributed by atoms with Gasteiger partial charge in [-0.05, 0) is 31.2 Å². The van der Waals surface area contributed by atoms with Gasteiger partial charge in [0.25, 0.3) is 0 Å². The monoisotopic (exact) mass is 285 g/mol. The van der Waals surface area contributed by atoms with Crippen molar-refractivity contribution in [3.05, 3.63) is 60.2 Å². The second-order valence-corrected chi connectivity index (χ2v) is 5.97. The maximum absolute atomic E-state index is 12.1. The van der Waals surface area contributed by atoms with Gasteiger partial charge in [0, 0.05) is 22.3 Å². The molecule has 0 bridgehead atoms. The fourth-order valence-electron chi connectivity index (χ4n) is 1.72. The molecule has 0 heterocycles. The van der Waals surface area contributed by atoms with Gasteiger partial charge in [-0.1, -0.05) is 42.8 Å². The molecule has 0 fully saturated rings. The van der Waals surface area contributed by atoms with Crippen molar-refractivity contribution in [2.75, 3.05) is 11.1 Å². The Labute approximate surface area is 124 Å². The summed E-state index contributed by atoms with van der Waals surface area (Å²) in [5, 5.41) is 2.95. The third kappa shape index (κ3) is 4.42. The Balaban J connectivity index is 1.84. The van der Waals surface area contributed by atoms with Gasteiger partial charge >= 0.3 is 0 Å². The van der Waals surface area contributed by atoms with E-state index in [1.54, 1.807) is 11.8 Å². The summed E-state index contributed by atoms with van der Waals surface area (Å²) in [6.45, 7) is 3.99. The first-order chi connectivity index (χ1) is 9.65. The number of carbonyl (C=O) groups excluding carboxylic acids is 1. The van der Waals surface area contributed by atoms with Crippen LogP contribution >= 0.6 is 11.8 Å². The number of nitrogens with one attached hydrogen (secondary N) is 1. The molecule has 104 valence electrons. The highest BCUT2D eigenvalue weighted by Crippen LogP contribution is 2.21. The maximum Gasteiger partial charge on any atom is 0.228 e. The molecule has 0 saturated carbocycles. The zero-order chi connectivity index (χ0) is 14.4. The first-order valence-electron chi connectivity index (χ1n) is 6.70. The van der Waals surface area contributed by atoms with E-state index in [1.165, 1.54) is 10.5 Å². The van der Waals surface area contributed by atoms with Crippen molar-refractivity contribution in [1.82, 2.24) is 0 Å². The summed E-state index contributed by atoms with van der Waals surface area (Å²) >= 11 is 1.71. The van der Waals surface area contributed by atoms with Gasteiger partial charge in [-0.25, -0.2) is 0 Å². The lowest BCUT2D eigenvalue weighted by Gasteiger charge is -2.12. The van der Waals surface area contributed by atoms with Gasteiger partial charge in [-0.2, -0.15) is 0 Å². The first kappa shape index (κ1) is 14.7. The SMILES string of the molecule is Cc1ccc(NC(=O)C(C)CSc2ccccc2)cc1. The molecule has 1 unspecified atom stereocenters. The molecule has 3 heteroatoms. The summed E-state index contributed by atoms with van der Waals surface area (Å²) in [5.74, 6) is 0.820. The molecule has 0 aromatic heterocycles. The molecule has 2 rings (SSSR count). The van der Waals surface area contributed by atoms with Crippen LogP contribution in [0.4, 0.5) is 5.69 Å². The highest BCUT2D eigenvalue weighted by atomic mass is 32.2. The molecule has 0 aliphatic heterocycles. The Morgan fingerprint density at radius 3 is 2.40 bits per heavy atom. The second-order valence-electron chi connectivity index (χ2n) is 4.88. The topological polar surface area (TPSA) is 29.1 Å². The minimum Gasteiger partial charge on any atom is -0.326 e. The predicted octanol–water partition coefficient (Wildman–Crippen LogP) is 4.36. The van der Waals surface area contributed by atoms with E-state index in [4.69, 9.17) is 0 Å². The van der Waals surface area contributed by atoms with Crippen molar-refractivity contribution in [3.63, 3.8) is 0 Å². The van der Waals surface area contributed by atoms with E-state index in [9.17, 15) is 4.79 Å². The van der Waals surface area contributed by atoms with E-state index < -0.39 is 0 Å². The average molecular weight is 285 g/mol. The molecule has 0 spiro atoms. The molecule has 1 amide bonds. The van der Waals surface area contributed by atoms with E-state index in [-0.39, 0.29) is 11.8 Å². The molecule has 0 saturated heterocycles. The normalized spacial score (nSPS) is 11.9. The van der Waals surface area contributed by atoms with Crippen LogP contribution in [0.3, 0.4) is 0 Å². The quantitative estimate of drug-likeness (QED) is 0.827. The number of rotatable bonds is 5. The number of hydrogen-bond acceptors (Lipinski definition) is 2. The summed E-state index contributed by atoms with van der Waals surface area (Å²) in [7, 11) is 0. The standard InChI is InChI=1S/C17H19NOS/c1-13-8-10-15(11-9-13)18-17(19)14(2)12-20-16-6-4-3-5-7-16/h3-11,14H,12H2,1-2H3,(H,18,19). The minimum atomic E-state index is -0.0264. The fourth-order valence-corrected chi connectivity index (χ4v) is 2.66. The van der Waals surface area contributed by atoms with Gasteiger partial charge in [0.2, 0.25) is 5.91 Å². The lowest BCUT2D eigenvalue weighted by Crippen LogP contribution is -2.22. The van der Waals surface area contributed by atoms with Gasteiger partial charge in [0.05, 0.1) is 0 Å². The van der Waals surface area contributed by atoms with E-state index in [1.807, 2.05) is 56.3 Å². The van der Waals surface area contributed by atoms with Crippen LogP contribution in [0.2, 0.25) is 0 Å². The van der Waals surface area contributed by atoms with Gasteiger partial charge in [-0.15, -0.1) is 11.8 Å². The molecular formula is C17H19NOS. The summed E-state index contributed by atoms with van der Waals surface area (Å²) in [5.41, 5.74) is 2.05. The van der Waals surface area contributed by atoms with Crippen LogP contribution in [0.15, 0.2) is 59.5 Å². The predicted molar refractivity (Wildman–Crippen MR) is 86.1 cm³/mol. The van der Waals surface area contributed by atoms with Crippen LogP contribution in [0.25, 0.3) is 0 Å². The zero-order valence-corrected chi connectivity index (χ0v) is 12.6. The summed E-state index contributed by atoms with van der Waals surface area (Å²) < 4.78 is 0. The zero-order valence-electron chi connectivity index (χ0n) is 11.8. The Bertz CT molecular complexity index is 551. The second kappa shape index (κ2) is 7.15. The molecule has 1 N–H and O–H groups in total. The number of hydrogen-bond donors (Lipinski definition) is 1. The number of anilines is 1. The molecular weight excluding hydrogens is 266 g/mol. The molecule has 1 atom stereocenters. The summed E-state index contributed by atoms with van der Waals surface area (Å²) in [6, 6.07) is 18.0. The number of benzene rings is 2. The molecule has 0 aliphatic rings. The number of aryl methyl sites for hydroxylation is 1.